The molecule has 0 aromatic heterocycles. The van der Waals surface area contributed by atoms with E-state index in [1.165, 1.54) is 13.0 Å². The molecule has 0 unspecified atom stereocenters. The van der Waals surface area contributed by atoms with Gasteiger partial charge in [0.15, 0.2) is 0 Å². The molecule has 0 N–H and O–H groups in total. The lowest BCUT2D eigenvalue weighted by Gasteiger charge is -2.20. The zero-order valence-electron chi connectivity index (χ0n) is 12.0. The van der Waals surface area contributed by atoms with Crippen LogP contribution in [0, 0.1) is 5.92 Å². The summed E-state index contributed by atoms with van der Waals surface area (Å²) < 4.78 is 5.59. The molecule has 0 aliphatic carbocycles. The monoisotopic (exact) mass is 274 g/mol. The van der Waals surface area contributed by atoms with Crippen molar-refractivity contribution in [3.05, 3.63) is 30.3 Å². The Bertz CT molecular complexity index is 463. The number of benzene rings is 1. The van der Waals surface area contributed by atoms with Gasteiger partial charge in [-0.1, -0.05) is 18.2 Å². The van der Waals surface area contributed by atoms with Crippen LogP contribution in [0.2, 0.25) is 0 Å². The molecule has 2 fully saturated rings. The lowest BCUT2D eigenvalue weighted by molar-refractivity contribution is -0.131. The molecule has 2 atom stereocenters. The number of hydrogen-bond donors (Lipinski definition) is 0. The summed E-state index contributed by atoms with van der Waals surface area (Å²) in [6, 6.07) is 10.2. The summed E-state index contributed by atoms with van der Waals surface area (Å²) in [6.07, 6.45) is 1.70. The highest BCUT2D eigenvalue weighted by molar-refractivity contribution is 5.76. The van der Waals surface area contributed by atoms with Gasteiger partial charge in [0, 0.05) is 19.1 Å². The van der Waals surface area contributed by atoms with E-state index in [0.29, 0.717) is 25.0 Å². The first-order valence-corrected chi connectivity index (χ1v) is 7.40. The van der Waals surface area contributed by atoms with Crippen molar-refractivity contribution in [2.75, 3.05) is 33.3 Å². The number of amides is 1. The van der Waals surface area contributed by atoms with Crippen LogP contribution < -0.4 is 4.74 Å². The van der Waals surface area contributed by atoms with Gasteiger partial charge in [0.05, 0.1) is 13.0 Å². The number of fused-ring (bicyclic) bond motifs is 1. The molecule has 2 aliphatic heterocycles. The van der Waals surface area contributed by atoms with Crippen LogP contribution in [0.4, 0.5) is 0 Å². The predicted molar refractivity (Wildman–Crippen MR) is 77.7 cm³/mol. The van der Waals surface area contributed by atoms with Crippen LogP contribution in [0.5, 0.6) is 5.75 Å². The maximum Gasteiger partial charge on any atom is 0.226 e. The van der Waals surface area contributed by atoms with E-state index in [9.17, 15) is 4.79 Å². The Morgan fingerprint density at radius 2 is 2.10 bits per heavy atom. The molecule has 1 amide bonds. The molecule has 0 spiro atoms. The maximum atomic E-state index is 12.2. The molecule has 108 valence electrons. The Morgan fingerprint density at radius 1 is 1.30 bits per heavy atom. The smallest absolute Gasteiger partial charge is 0.226 e. The van der Waals surface area contributed by atoms with Crippen molar-refractivity contribution in [3.63, 3.8) is 0 Å². The fourth-order valence-corrected chi connectivity index (χ4v) is 3.31. The van der Waals surface area contributed by atoms with Crippen LogP contribution in [0.25, 0.3) is 0 Å². The summed E-state index contributed by atoms with van der Waals surface area (Å²) in [4.78, 5) is 16.6. The van der Waals surface area contributed by atoms with Gasteiger partial charge in [0.1, 0.15) is 5.75 Å². The van der Waals surface area contributed by atoms with Gasteiger partial charge in [-0.05, 0) is 38.1 Å². The van der Waals surface area contributed by atoms with Gasteiger partial charge < -0.3 is 14.5 Å². The molecule has 0 saturated carbocycles. The molecule has 3 rings (SSSR count). The van der Waals surface area contributed by atoms with E-state index in [-0.39, 0.29) is 5.91 Å². The van der Waals surface area contributed by atoms with Crippen molar-refractivity contribution in [3.8, 4) is 5.75 Å². The van der Waals surface area contributed by atoms with Crippen LogP contribution in [-0.2, 0) is 4.79 Å². The predicted octanol–water partition coefficient (Wildman–Crippen LogP) is 1.62. The van der Waals surface area contributed by atoms with Gasteiger partial charge in [-0.25, -0.2) is 0 Å². The summed E-state index contributed by atoms with van der Waals surface area (Å²) in [5, 5.41) is 0. The van der Waals surface area contributed by atoms with Crippen LogP contribution >= 0.6 is 0 Å². The highest BCUT2D eigenvalue weighted by Gasteiger charge is 2.40. The number of carbonyl (C=O) groups is 1. The number of para-hydroxylation sites is 1. The quantitative estimate of drug-likeness (QED) is 0.836. The Kier molecular flexibility index (Phi) is 3.92. The molecule has 1 aromatic carbocycles. The molecule has 2 saturated heterocycles. The van der Waals surface area contributed by atoms with E-state index < -0.39 is 0 Å². The van der Waals surface area contributed by atoms with Crippen molar-refractivity contribution in [2.24, 2.45) is 5.92 Å². The van der Waals surface area contributed by atoms with Crippen LogP contribution in [0.15, 0.2) is 30.3 Å². The highest BCUT2D eigenvalue weighted by Crippen LogP contribution is 2.30. The van der Waals surface area contributed by atoms with Gasteiger partial charge in [-0.15, -0.1) is 0 Å². The fraction of sp³-hybridized carbons (Fsp3) is 0.562. The molecular weight excluding hydrogens is 252 g/mol. The lowest BCUT2D eigenvalue weighted by atomic mass is 10.1. The van der Waals surface area contributed by atoms with Crippen molar-refractivity contribution in [1.82, 2.24) is 9.80 Å². The number of carbonyl (C=O) groups excluding carboxylic acids is 1. The van der Waals surface area contributed by atoms with Crippen LogP contribution in [-0.4, -0.2) is 55.0 Å². The van der Waals surface area contributed by atoms with Crippen molar-refractivity contribution >= 4 is 5.91 Å². The molecule has 20 heavy (non-hydrogen) atoms. The third kappa shape index (κ3) is 2.80. The molecule has 1 aromatic rings. The molecule has 4 heteroatoms. The van der Waals surface area contributed by atoms with Gasteiger partial charge in [0.25, 0.3) is 0 Å². The van der Waals surface area contributed by atoms with E-state index in [0.717, 1.165) is 18.8 Å². The van der Waals surface area contributed by atoms with Gasteiger partial charge in [0.2, 0.25) is 5.91 Å². The van der Waals surface area contributed by atoms with Gasteiger partial charge >= 0.3 is 0 Å². The number of rotatable bonds is 4. The fourth-order valence-electron chi connectivity index (χ4n) is 3.31. The standard InChI is InChI=1S/C16H22N2O2/c1-17-9-7-13-11-18(12-15(13)17)16(19)8-10-20-14-5-3-2-4-6-14/h2-6,13,15H,7-12H2,1H3/t13-,15+/m0/s1. The second kappa shape index (κ2) is 5.83. The Morgan fingerprint density at radius 3 is 2.85 bits per heavy atom. The minimum Gasteiger partial charge on any atom is -0.493 e. The number of hydrogen-bond acceptors (Lipinski definition) is 3. The second-order valence-corrected chi connectivity index (χ2v) is 5.81. The van der Waals surface area contributed by atoms with Crippen LogP contribution in [0.1, 0.15) is 12.8 Å². The topological polar surface area (TPSA) is 32.8 Å². The Labute approximate surface area is 120 Å². The SMILES string of the molecule is CN1CC[C@H]2CN(C(=O)CCOc3ccccc3)C[C@H]21. The van der Waals surface area contributed by atoms with E-state index >= 15 is 0 Å². The first-order chi connectivity index (χ1) is 9.74. The van der Waals surface area contributed by atoms with E-state index in [4.69, 9.17) is 4.74 Å². The number of likely N-dealkylation sites (N-methyl/N-ethyl adjacent to an activating group) is 1. The Balaban J connectivity index is 1.44. The molecule has 2 aliphatic rings. The van der Waals surface area contributed by atoms with E-state index in [1.807, 2.05) is 35.2 Å². The average molecular weight is 274 g/mol. The summed E-state index contributed by atoms with van der Waals surface area (Å²) in [5.41, 5.74) is 0. The molecule has 0 bridgehead atoms. The largest absolute Gasteiger partial charge is 0.493 e. The molecule has 4 nitrogen and oxygen atoms in total. The van der Waals surface area contributed by atoms with Crippen molar-refractivity contribution in [1.29, 1.82) is 0 Å². The van der Waals surface area contributed by atoms with E-state index in [1.54, 1.807) is 0 Å². The Hall–Kier alpha value is -1.55. The number of ether oxygens (including phenoxy) is 1. The summed E-state index contributed by atoms with van der Waals surface area (Å²) in [7, 11) is 2.16. The lowest BCUT2D eigenvalue weighted by Crippen LogP contribution is -2.35. The summed E-state index contributed by atoms with van der Waals surface area (Å²) in [5.74, 6) is 1.74. The van der Waals surface area contributed by atoms with Crippen molar-refractivity contribution < 1.29 is 9.53 Å². The number of nitrogens with zero attached hydrogens (tertiary/aromatic N) is 2. The zero-order chi connectivity index (χ0) is 13.9. The minimum atomic E-state index is 0.226. The highest BCUT2D eigenvalue weighted by atomic mass is 16.5. The summed E-state index contributed by atoms with van der Waals surface area (Å²) >= 11 is 0. The maximum absolute atomic E-state index is 12.2. The minimum absolute atomic E-state index is 0.226. The summed E-state index contributed by atoms with van der Waals surface area (Å²) in [6.45, 7) is 3.46. The van der Waals surface area contributed by atoms with E-state index in [2.05, 4.69) is 11.9 Å². The third-order valence-corrected chi connectivity index (χ3v) is 4.51. The second-order valence-electron chi connectivity index (χ2n) is 5.81. The van der Waals surface area contributed by atoms with Crippen LogP contribution in [0.3, 0.4) is 0 Å². The van der Waals surface area contributed by atoms with Gasteiger partial charge in [-0.2, -0.15) is 0 Å². The first kappa shape index (κ1) is 13.4. The normalized spacial score (nSPS) is 25.8. The molecule has 2 heterocycles. The van der Waals surface area contributed by atoms with Gasteiger partial charge in [-0.3, -0.25) is 4.79 Å². The number of likely N-dealkylation sites (tertiary alicyclic amines) is 2. The average Bonchev–Trinajstić information content (AvgIpc) is 3.03. The molecular formula is C16H22N2O2. The third-order valence-electron chi connectivity index (χ3n) is 4.51. The zero-order valence-corrected chi connectivity index (χ0v) is 12.0. The van der Waals surface area contributed by atoms with Crippen molar-refractivity contribution in [2.45, 2.75) is 18.9 Å². The molecule has 0 radical (unpaired) electrons. The first-order valence-electron chi connectivity index (χ1n) is 7.40.